The lowest BCUT2D eigenvalue weighted by Crippen LogP contribution is -2.44. The van der Waals surface area contributed by atoms with Crippen LogP contribution in [0.15, 0.2) is 6.33 Å². The van der Waals surface area contributed by atoms with Gasteiger partial charge in [0.25, 0.3) is 0 Å². The molecule has 1 N–H and O–H groups in total. The van der Waals surface area contributed by atoms with Gasteiger partial charge in [0.15, 0.2) is 0 Å². The monoisotopic (exact) mass is 281 g/mol. The largest absolute Gasteiger partial charge is 0.377 e. The van der Waals surface area contributed by atoms with E-state index in [2.05, 4.69) is 15.3 Å². The highest BCUT2D eigenvalue weighted by atomic mass is 16.6. The molecular weight excluding hydrogens is 262 g/mol. The Bertz CT molecular complexity index is 482. The van der Waals surface area contributed by atoms with Crippen LogP contribution in [0, 0.1) is 10.1 Å². The Morgan fingerprint density at radius 2 is 2.40 bits per heavy atom. The number of hydrogen-bond acceptors (Lipinski definition) is 7. The van der Waals surface area contributed by atoms with Crippen molar-refractivity contribution in [1.82, 2.24) is 9.97 Å². The molecule has 0 spiro atoms. The third-order valence-electron chi connectivity index (χ3n) is 3.17. The fraction of sp³-hybridized carbons (Fsp3) is 0.667. The number of nitrogens with zero attached hydrogens (tertiary/aromatic N) is 4. The van der Waals surface area contributed by atoms with Crippen LogP contribution in [0.2, 0.25) is 0 Å². The van der Waals surface area contributed by atoms with Gasteiger partial charge in [0.05, 0.1) is 24.2 Å². The molecule has 1 fully saturated rings. The van der Waals surface area contributed by atoms with Crippen molar-refractivity contribution < 1.29 is 9.66 Å². The summed E-state index contributed by atoms with van der Waals surface area (Å²) in [6.45, 7) is 6.26. The zero-order valence-corrected chi connectivity index (χ0v) is 11.7. The van der Waals surface area contributed by atoms with Crippen LogP contribution in [0.5, 0.6) is 0 Å². The van der Waals surface area contributed by atoms with Crippen molar-refractivity contribution in [2.45, 2.75) is 26.3 Å². The Morgan fingerprint density at radius 3 is 3.05 bits per heavy atom. The SMILES string of the molecule is CCCNc1ncnc(N2CCOCC2C)c1[N+](=O)[O-]. The van der Waals surface area contributed by atoms with E-state index in [9.17, 15) is 10.1 Å². The third kappa shape index (κ3) is 2.96. The molecule has 1 aliphatic rings. The Kier molecular flexibility index (Phi) is 4.67. The number of morpholine rings is 1. The van der Waals surface area contributed by atoms with Gasteiger partial charge in [0.2, 0.25) is 11.6 Å². The van der Waals surface area contributed by atoms with E-state index in [0.717, 1.165) is 6.42 Å². The van der Waals surface area contributed by atoms with E-state index in [-0.39, 0.29) is 17.5 Å². The van der Waals surface area contributed by atoms with E-state index in [1.54, 1.807) is 0 Å². The van der Waals surface area contributed by atoms with Crippen LogP contribution in [0.4, 0.5) is 17.3 Å². The first kappa shape index (κ1) is 14.4. The molecule has 0 radical (unpaired) electrons. The number of ether oxygens (including phenoxy) is 1. The first-order valence-corrected chi connectivity index (χ1v) is 6.72. The fourth-order valence-corrected chi connectivity index (χ4v) is 2.16. The van der Waals surface area contributed by atoms with Crippen molar-refractivity contribution in [3.05, 3.63) is 16.4 Å². The van der Waals surface area contributed by atoms with Crippen LogP contribution < -0.4 is 10.2 Å². The lowest BCUT2D eigenvalue weighted by Gasteiger charge is -2.33. The minimum atomic E-state index is -0.421. The average molecular weight is 281 g/mol. The number of anilines is 2. The molecule has 1 atom stereocenters. The predicted molar refractivity (Wildman–Crippen MR) is 75.1 cm³/mol. The average Bonchev–Trinajstić information content (AvgIpc) is 2.45. The highest BCUT2D eigenvalue weighted by Gasteiger charge is 2.30. The van der Waals surface area contributed by atoms with Gasteiger partial charge in [0.1, 0.15) is 6.33 Å². The summed E-state index contributed by atoms with van der Waals surface area (Å²) in [5.41, 5.74) is -0.0605. The van der Waals surface area contributed by atoms with E-state index in [0.29, 0.717) is 32.1 Å². The molecule has 8 heteroatoms. The van der Waals surface area contributed by atoms with Crippen LogP contribution in [0.25, 0.3) is 0 Å². The topological polar surface area (TPSA) is 93.4 Å². The molecule has 0 bridgehead atoms. The molecule has 1 aliphatic heterocycles. The van der Waals surface area contributed by atoms with Gasteiger partial charge < -0.3 is 15.0 Å². The molecular formula is C12H19N5O3. The van der Waals surface area contributed by atoms with Crippen LogP contribution in [-0.2, 0) is 4.74 Å². The molecule has 2 heterocycles. The second-order valence-corrected chi connectivity index (χ2v) is 4.70. The minimum absolute atomic E-state index is 0.0522. The van der Waals surface area contributed by atoms with Crippen LogP contribution in [-0.4, -0.2) is 47.2 Å². The van der Waals surface area contributed by atoms with Gasteiger partial charge in [-0.3, -0.25) is 10.1 Å². The van der Waals surface area contributed by atoms with E-state index in [1.807, 2.05) is 18.7 Å². The molecule has 0 aliphatic carbocycles. The zero-order valence-electron chi connectivity index (χ0n) is 11.7. The molecule has 0 saturated carbocycles. The zero-order chi connectivity index (χ0) is 14.5. The molecule has 0 aromatic carbocycles. The summed E-state index contributed by atoms with van der Waals surface area (Å²) < 4.78 is 5.36. The number of nitro groups is 1. The normalized spacial score (nSPS) is 18.9. The van der Waals surface area contributed by atoms with Gasteiger partial charge in [-0.25, -0.2) is 9.97 Å². The van der Waals surface area contributed by atoms with E-state index < -0.39 is 4.92 Å². The lowest BCUT2D eigenvalue weighted by atomic mass is 10.2. The molecule has 1 aromatic rings. The smallest absolute Gasteiger partial charge is 0.353 e. The summed E-state index contributed by atoms with van der Waals surface area (Å²) in [7, 11) is 0. The molecule has 2 rings (SSSR count). The summed E-state index contributed by atoms with van der Waals surface area (Å²) >= 11 is 0. The van der Waals surface area contributed by atoms with Crippen molar-refractivity contribution in [3.8, 4) is 0 Å². The van der Waals surface area contributed by atoms with E-state index >= 15 is 0 Å². The second-order valence-electron chi connectivity index (χ2n) is 4.70. The number of hydrogen-bond donors (Lipinski definition) is 1. The molecule has 20 heavy (non-hydrogen) atoms. The highest BCUT2D eigenvalue weighted by Crippen LogP contribution is 2.33. The molecule has 8 nitrogen and oxygen atoms in total. The Balaban J connectivity index is 2.38. The molecule has 1 aromatic heterocycles. The van der Waals surface area contributed by atoms with Crippen molar-refractivity contribution in [3.63, 3.8) is 0 Å². The molecule has 0 amide bonds. The van der Waals surface area contributed by atoms with Gasteiger partial charge >= 0.3 is 5.69 Å². The van der Waals surface area contributed by atoms with Crippen molar-refractivity contribution >= 4 is 17.3 Å². The second kappa shape index (κ2) is 6.47. The van der Waals surface area contributed by atoms with Crippen molar-refractivity contribution in [1.29, 1.82) is 0 Å². The standard InChI is InChI=1S/C12H19N5O3/c1-3-4-13-11-10(17(18)19)12(15-8-14-11)16-5-6-20-7-9(16)2/h8-9H,3-7H2,1-2H3,(H,13,14,15). The van der Waals surface area contributed by atoms with E-state index in [4.69, 9.17) is 4.74 Å². The molecule has 110 valence electrons. The van der Waals surface area contributed by atoms with Gasteiger partial charge in [-0.2, -0.15) is 0 Å². The summed E-state index contributed by atoms with van der Waals surface area (Å²) in [5.74, 6) is 0.639. The van der Waals surface area contributed by atoms with E-state index in [1.165, 1.54) is 6.33 Å². The molecule has 1 unspecified atom stereocenters. The number of aromatic nitrogens is 2. The van der Waals surface area contributed by atoms with Gasteiger partial charge in [-0.15, -0.1) is 0 Å². The van der Waals surface area contributed by atoms with Crippen LogP contribution in [0.1, 0.15) is 20.3 Å². The molecule has 1 saturated heterocycles. The Labute approximate surface area is 117 Å². The van der Waals surface area contributed by atoms with Crippen molar-refractivity contribution in [2.75, 3.05) is 36.5 Å². The number of nitrogens with one attached hydrogen (secondary N) is 1. The lowest BCUT2D eigenvalue weighted by molar-refractivity contribution is -0.383. The van der Waals surface area contributed by atoms with Crippen LogP contribution >= 0.6 is 0 Å². The Hall–Kier alpha value is -1.96. The maximum absolute atomic E-state index is 11.4. The summed E-state index contributed by atoms with van der Waals surface area (Å²) in [6.07, 6.45) is 2.23. The Morgan fingerprint density at radius 1 is 1.60 bits per heavy atom. The van der Waals surface area contributed by atoms with Crippen molar-refractivity contribution in [2.24, 2.45) is 0 Å². The summed E-state index contributed by atoms with van der Waals surface area (Å²) in [6, 6.07) is 0.0522. The maximum Gasteiger partial charge on any atom is 0.353 e. The summed E-state index contributed by atoms with van der Waals surface area (Å²) in [4.78, 5) is 21.0. The number of rotatable bonds is 5. The third-order valence-corrected chi connectivity index (χ3v) is 3.17. The maximum atomic E-state index is 11.4. The highest BCUT2D eigenvalue weighted by molar-refractivity contribution is 5.70. The van der Waals surface area contributed by atoms with Gasteiger partial charge in [-0.05, 0) is 13.3 Å². The van der Waals surface area contributed by atoms with Gasteiger partial charge in [0, 0.05) is 13.1 Å². The first-order chi connectivity index (χ1) is 9.65. The summed E-state index contributed by atoms with van der Waals surface area (Å²) in [5, 5.41) is 14.4. The van der Waals surface area contributed by atoms with Crippen LogP contribution in [0.3, 0.4) is 0 Å². The minimum Gasteiger partial charge on any atom is -0.377 e. The van der Waals surface area contributed by atoms with Gasteiger partial charge in [-0.1, -0.05) is 6.92 Å². The quantitative estimate of drug-likeness (QED) is 0.644. The fourth-order valence-electron chi connectivity index (χ4n) is 2.16. The predicted octanol–water partition coefficient (Wildman–Crippen LogP) is 1.43. The first-order valence-electron chi connectivity index (χ1n) is 6.72.